The Hall–Kier alpha value is -2.98. The highest BCUT2D eigenvalue weighted by Gasteiger charge is 2.21. The first-order valence-corrected chi connectivity index (χ1v) is 6.69. The van der Waals surface area contributed by atoms with E-state index >= 15 is 0 Å². The second-order valence-corrected chi connectivity index (χ2v) is 4.67. The number of benzene rings is 1. The van der Waals surface area contributed by atoms with Gasteiger partial charge in [-0.05, 0) is 24.3 Å². The molecule has 0 fully saturated rings. The first-order valence-electron chi connectivity index (χ1n) is 6.69. The molecule has 0 aliphatic carbocycles. The van der Waals surface area contributed by atoms with Crippen LogP contribution in [0.1, 0.15) is 20.7 Å². The predicted molar refractivity (Wildman–Crippen MR) is 78.4 cm³/mol. The van der Waals surface area contributed by atoms with Gasteiger partial charge in [-0.2, -0.15) is 0 Å². The molecule has 2 atom stereocenters. The summed E-state index contributed by atoms with van der Waals surface area (Å²) in [5.74, 6) is -4.32. The number of carboxylic acid groups (broad SMARTS) is 2. The topological polar surface area (TPSA) is 173 Å². The van der Waals surface area contributed by atoms with Gasteiger partial charge in [-0.1, -0.05) is 0 Å². The zero-order valence-corrected chi connectivity index (χ0v) is 12.3. The molecule has 1 aromatic rings. The van der Waals surface area contributed by atoms with Crippen LogP contribution in [0.3, 0.4) is 0 Å². The highest BCUT2D eigenvalue weighted by Crippen LogP contribution is 2.05. The third-order valence-electron chi connectivity index (χ3n) is 2.98. The summed E-state index contributed by atoms with van der Waals surface area (Å²) >= 11 is 0. The molecule has 0 unspecified atom stereocenters. The number of amides is 2. The van der Waals surface area contributed by atoms with Gasteiger partial charge in [-0.3, -0.25) is 9.59 Å². The number of carboxylic acids is 2. The minimum atomic E-state index is -1.46. The number of rotatable bonds is 8. The minimum Gasteiger partial charge on any atom is -0.480 e. The van der Waals surface area contributed by atoms with Gasteiger partial charge < -0.3 is 31.1 Å². The van der Waals surface area contributed by atoms with Gasteiger partial charge in [0, 0.05) is 11.1 Å². The molecule has 0 bridgehead atoms. The molecule has 0 aromatic heterocycles. The van der Waals surface area contributed by atoms with Crippen LogP contribution in [0.15, 0.2) is 24.3 Å². The van der Waals surface area contributed by atoms with Crippen molar-refractivity contribution in [3.8, 4) is 0 Å². The Morgan fingerprint density at radius 3 is 1.25 bits per heavy atom. The molecule has 1 aromatic carbocycles. The maximum atomic E-state index is 11.8. The summed E-state index contributed by atoms with van der Waals surface area (Å²) in [5.41, 5.74) is 0.0892. The second-order valence-electron chi connectivity index (χ2n) is 4.67. The van der Waals surface area contributed by atoms with Crippen molar-refractivity contribution in [3.05, 3.63) is 35.4 Å². The number of hydrogen-bond acceptors (Lipinski definition) is 6. The lowest BCUT2D eigenvalue weighted by atomic mass is 10.1. The van der Waals surface area contributed by atoms with Gasteiger partial charge >= 0.3 is 11.9 Å². The van der Waals surface area contributed by atoms with E-state index in [-0.39, 0.29) is 11.1 Å². The van der Waals surface area contributed by atoms with Crippen molar-refractivity contribution >= 4 is 23.8 Å². The molecule has 1 rings (SSSR count). The van der Waals surface area contributed by atoms with Gasteiger partial charge in [0.2, 0.25) is 0 Å². The van der Waals surface area contributed by atoms with Gasteiger partial charge in [0.1, 0.15) is 0 Å². The first-order chi connectivity index (χ1) is 11.3. The maximum absolute atomic E-state index is 11.8. The largest absolute Gasteiger partial charge is 0.480 e. The van der Waals surface area contributed by atoms with Gasteiger partial charge in [-0.15, -0.1) is 0 Å². The number of carbonyl (C=O) groups excluding carboxylic acids is 2. The van der Waals surface area contributed by atoms with E-state index in [4.69, 9.17) is 20.4 Å². The predicted octanol–water partition coefficient (Wildman–Crippen LogP) is -1.96. The normalized spacial score (nSPS) is 12.8. The fourth-order valence-electron chi connectivity index (χ4n) is 1.63. The molecule has 6 N–H and O–H groups in total. The van der Waals surface area contributed by atoms with Crippen LogP contribution in [0.5, 0.6) is 0 Å². The molecular formula is C14H16N2O8. The molecule has 0 saturated heterocycles. The summed E-state index contributed by atoms with van der Waals surface area (Å²) in [6, 6.07) is 2.01. The molecule has 0 aliphatic heterocycles. The smallest absolute Gasteiger partial charge is 0.328 e. The molecule has 130 valence electrons. The zero-order valence-electron chi connectivity index (χ0n) is 12.3. The standard InChI is InChI=1S/C14H16N2O8/c17-5-9(13(21)22)15-11(19)7-1-2-8(4-3-7)12(20)16-10(6-18)14(23)24/h1-4,9-10,17-18H,5-6H2,(H,15,19)(H,16,20)(H,21,22)(H,23,24)/t9-,10-/m1/s1. The SMILES string of the molecule is O=C(N[C@H](CO)C(=O)O)c1ccc(C(=O)N[C@H](CO)C(=O)O)cc1. The molecular weight excluding hydrogens is 324 g/mol. The van der Waals surface area contributed by atoms with E-state index in [0.717, 1.165) is 0 Å². The van der Waals surface area contributed by atoms with E-state index in [9.17, 15) is 19.2 Å². The number of aliphatic hydroxyl groups is 2. The molecule has 10 heteroatoms. The minimum absolute atomic E-state index is 0.0446. The monoisotopic (exact) mass is 340 g/mol. The number of carbonyl (C=O) groups is 4. The summed E-state index contributed by atoms with van der Waals surface area (Å²) in [6.07, 6.45) is 0. The number of nitrogens with one attached hydrogen (secondary N) is 2. The molecule has 10 nitrogen and oxygen atoms in total. The van der Waals surface area contributed by atoms with Crippen LogP contribution in [-0.4, -0.2) is 69.5 Å². The van der Waals surface area contributed by atoms with Crippen LogP contribution in [-0.2, 0) is 9.59 Å². The number of hydrogen-bond donors (Lipinski definition) is 6. The van der Waals surface area contributed by atoms with Crippen molar-refractivity contribution in [1.82, 2.24) is 10.6 Å². The van der Waals surface area contributed by atoms with Crippen LogP contribution in [0.4, 0.5) is 0 Å². The van der Waals surface area contributed by atoms with Gasteiger partial charge in [0.05, 0.1) is 13.2 Å². The van der Waals surface area contributed by atoms with E-state index in [1.165, 1.54) is 24.3 Å². The molecule has 24 heavy (non-hydrogen) atoms. The van der Waals surface area contributed by atoms with E-state index in [1.54, 1.807) is 0 Å². The van der Waals surface area contributed by atoms with Crippen LogP contribution in [0.2, 0.25) is 0 Å². The van der Waals surface area contributed by atoms with Crippen molar-refractivity contribution in [2.75, 3.05) is 13.2 Å². The molecule has 0 radical (unpaired) electrons. The number of aliphatic hydroxyl groups excluding tert-OH is 2. The molecule has 0 saturated carbocycles. The fourth-order valence-corrected chi connectivity index (χ4v) is 1.63. The highest BCUT2D eigenvalue weighted by molar-refractivity contribution is 5.99. The lowest BCUT2D eigenvalue weighted by Gasteiger charge is -2.13. The summed E-state index contributed by atoms with van der Waals surface area (Å²) in [4.78, 5) is 45.1. The third-order valence-corrected chi connectivity index (χ3v) is 2.98. The third kappa shape index (κ3) is 5.04. The van der Waals surface area contributed by atoms with Crippen molar-refractivity contribution in [2.45, 2.75) is 12.1 Å². The molecule has 0 aliphatic rings. The maximum Gasteiger partial charge on any atom is 0.328 e. The van der Waals surface area contributed by atoms with Crippen LogP contribution < -0.4 is 10.6 Å². The Morgan fingerprint density at radius 2 is 1.04 bits per heavy atom. The summed E-state index contributed by atoms with van der Waals surface area (Å²) in [6.45, 7) is -1.56. The fraction of sp³-hybridized carbons (Fsp3) is 0.286. The Morgan fingerprint density at radius 1 is 0.750 bits per heavy atom. The van der Waals surface area contributed by atoms with Crippen LogP contribution in [0, 0.1) is 0 Å². The Labute approximate surface area is 135 Å². The number of aliphatic carboxylic acids is 2. The average molecular weight is 340 g/mol. The molecule has 0 heterocycles. The van der Waals surface area contributed by atoms with E-state index in [0.29, 0.717) is 0 Å². The second kappa shape index (κ2) is 8.60. The lowest BCUT2D eigenvalue weighted by Crippen LogP contribution is -2.43. The van der Waals surface area contributed by atoms with E-state index < -0.39 is 49.1 Å². The van der Waals surface area contributed by atoms with E-state index in [1.807, 2.05) is 0 Å². The molecule has 2 amide bonds. The summed E-state index contributed by atoms with van der Waals surface area (Å²) in [5, 5.41) is 39.3. The molecule has 0 spiro atoms. The van der Waals surface area contributed by atoms with Crippen molar-refractivity contribution in [1.29, 1.82) is 0 Å². The van der Waals surface area contributed by atoms with Gasteiger partial charge in [0.25, 0.3) is 11.8 Å². The Bertz CT molecular complexity index is 573. The Kier molecular flexibility index (Phi) is 6.83. The Balaban J connectivity index is 2.78. The van der Waals surface area contributed by atoms with Crippen LogP contribution in [0.25, 0.3) is 0 Å². The zero-order chi connectivity index (χ0) is 18.3. The van der Waals surface area contributed by atoms with Crippen molar-refractivity contribution in [2.24, 2.45) is 0 Å². The average Bonchev–Trinajstić information content (AvgIpc) is 2.56. The van der Waals surface area contributed by atoms with Crippen LogP contribution >= 0.6 is 0 Å². The quantitative estimate of drug-likeness (QED) is 0.316. The summed E-state index contributed by atoms with van der Waals surface area (Å²) in [7, 11) is 0. The van der Waals surface area contributed by atoms with Crippen molar-refractivity contribution in [3.63, 3.8) is 0 Å². The first kappa shape index (κ1) is 19.1. The highest BCUT2D eigenvalue weighted by atomic mass is 16.4. The van der Waals surface area contributed by atoms with Crippen molar-refractivity contribution < 1.29 is 39.6 Å². The van der Waals surface area contributed by atoms with Gasteiger partial charge in [-0.25, -0.2) is 9.59 Å². The summed E-state index contributed by atoms with van der Waals surface area (Å²) < 4.78 is 0. The van der Waals surface area contributed by atoms with Gasteiger partial charge in [0.15, 0.2) is 12.1 Å². The van der Waals surface area contributed by atoms with E-state index in [2.05, 4.69) is 10.6 Å². The lowest BCUT2D eigenvalue weighted by molar-refractivity contribution is -0.141.